The van der Waals surface area contributed by atoms with Gasteiger partial charge < -0.3 is 15.5 Å². The molecular weight excluding hydrogens is 294 g/mol. The van der Waals surface area contributed by atoms with Gasteiger partial charge in [0.05, 0.1) is 12.0 Å². The van der Waals surface area contributed by atoms with E-state index >= 15 is 0 Å². The third-order valence-corrected chi connectivity index (χ3v) is 3.60. The quantitative estimate of drug-likeness (QED) is 0.569. The van der Waals surface area contributed by atoms with E-state index in [-0.39, 0.29) is 5.69 Å². The fourth-order valence-electron chi connectivity index (χ4n) is 2.45. The first kappa shape index (κ1) is 14.6. The smallest absolute Gasteiger partial charge is 0.270 e. The highest BCUT2D eigenvalue weighted by Gasteiger charge is 2.09. The zero-order valence-electron chi connectivity index (χ0n) is 12.4. The number of hydrogen-bond donors (Lipinski definition) is 2. The number of non-ortho nitro benzene ring substituents is 1. The van der Waals surface area contributed by atoms with Gasteiger partial charge in [-0.2, -0.15) is 0 Å². The van der Waals surface area contributed by atoms with Crippen LogP contribution in [0.5, 0.6) is 5.75 Å². The maximum Gasteiger partial charge on any atom is 0.270 e. The zero-order valence-corrected chi connectivity index (χ0v) is 12.4. The zero-order chi connectivity index (χ0) is 16.4. The van der Waals surface area contributed by atoms with Crippen molar-refractivity contribution in [2.75, 3.05) is 7.11 Å². The largest absolute Gasteiger partial charge is 0.497 e. The van der Waals surface area contributed by atoms with Gasteiger partial charge >= 0.3 is 0 Å². The number of nitrogens with two attached hydrogens (primary N) is 1. The number of ether oxygens (including phenoxy) is 1. The van der Waals surface area contributed by atoms with E-state index in [0.29, 0.717) is 11.3 Å². The highest BCUT2D eigenvalue weighted by atomic mass is 16.6. The minimum absolute atomic E-state index is 0.0344. The third-order valence-electron chi connectivity index (χ3n) is 3.60. The molecule has 0 radical (unpaired) electrons. The average molecular weight is 309 g/mol. The molecule has 3 rings (SSSR count). The van der Waals surface area contributed by atoms with Crippen LogP contribution in [0, 0.1) is 10.1 Å². The SMILES string of the molecule is COc1ccc2[nH]cc(/C(N)=C/c3cccc([N+](=O)[O-])c3)c2c1. The lowest BCUT2D eigenvalue weighted by Crippen LogP contribution is -1.95. The Morgan fingerprint density at radius 2 is 2.13 bits per heavy atom. The van der Waals surface area contributed by atoms with Crippen molar-refractivity contribution in [2.24, 2.45) is 5.73 Å². The summed E-state index contributed by atoms with van der Waals surface area (Å²) in [5.41, 5.74) is 9.18. The van der Waals surface area contributed by atoms with Gasteiger partial charge in [-0.05, 0) is 29.8 Å². The Labute approximate surface area is 132 Å². The van der Waals surface area contributed by atoms with Crippen LogP contribution < -0.4 is 10.5 Å². The summed E-state index contributed by atoms with van der Waals surface area (Å²) in [6, 6.07) is 12.0. The summed E-state index contributed by atoms with van der Waals surface area (Å²) in [5, 5.41) is 11.8. The number of aromatic nitrogens is 1. The van der Waals surface area contributed by atoms with E-state index in [4.69, 9.17) is 10.5 Å². The van der Waals surface area contributed by atoms with E-state index in [2.05, 4.69) is 4.98 Å². The molecule has 0 spiro atoms. The van der Waals surface area contributed by atoms with Crippen molar-refractivity contribution in [3.63, 3.8) is 0 Å². The lowest BCUT2D eigenvalue weighted by Gasteiger charge is -2.03. The van der Waals surface area contributed by atoms with Crippen LogP contribution in [0.3, 0.4) is 0 Å². The molecule has 0 amide bonds. The van der Waals surface area contributed by atoms with Crippen LogP contribution in [0.25, 0.3) is 22.7 Å². The number of aromatic amines is 1. The van der Waals surface area contributed by atoms with E-state index < -0.39 is 4.92 Å². The van der Waals surface area contributed by atoms with Crippen molar-refractivity contribution in [3.05, 3.63) is 69.9 Å². The Hall–Kier alpha value is -3.28. The lowest BCUT2D eigenvalue weighted by atomic mass is 10.1. The molecule has 0 atom stereocenters. The van der Waals surface area contributed by atoms with Crippen LogP contribution in [0.4, 0.5) is 5.69 Å². The van der Waals surface area contributed by atoms with Crippen molar-refractivity contribution in [3.8, 4) is 5.75 Å². The number of H-pyrrole nitrogens is 1. The molecule has 0 fully saturated rings. The van der Waals surface area contributed by atoms with Crippen molar-refractivity contribution < 1.29 is 9.66 Å². The highest BCUT2D eigenvalue weighted by molar-refractivity contribution is 5.96. The number of methoxy groups -OCH3 is 1. The van der Waals surface area contributed by atoms with Crippen LogP contribution in [0.1, 0.15) is 11.1 Å². The first-order valence-corrected chi connectivity index (χ1v) is 6.95. The number of rotatable bonds is 4. The number of nitrogens with one attached hydrogen (secondary N) is 1. The Balaban J connectivity index is 2.04. The summed E-state index contributed by atoms with van der Waals surface area (Å²) in [5.74, 6) is 0.737. The van der Waals surface area contributed by atoms with Gasteiger partial charge in [-0.15, -0.1) is 0 Å². The Morgan fingerprint density at radius 3 is 2.87 bits per heavy atom. The minimum Gasteiger partial charge on any atom is -0.497 e. The first-order valence-electron chi connectivity index (χ1n) is 6.95. The van der Waals surface area contributed by atoms with Gasteiger partial charge in [0.15, 0.2) is 0 Å². The summed E-state index contributed by atoms with van der Waals surface area (Å²) in [4.78, 5) is 13.6. The van der Waals surface area contributed by atoms with Gasteiger partial charge in [-0.1, -0.05) is 12.1 Å². The van der Waals surface area contributed by atoms with Gasteiger partial charge in [0, 0.05) is 40.5 Å². The van der Waals surface area contributed by atoms with E-state index in [1.807, 2.05) is 24.4 Å². The predicted octanol–water partition coefficient (Wildman–Crippen LogP) is 3.54. The first-order chi connectivity index (χ1) is 11.1. The second kappa shape index (κ2) is 5.84. The fraction of sp³-hybridized carbons (Fsp3) is 0.0588. The highest BCUT2D eigenvalue weighted by Crippen LogP contribution is 2.27. The molecular formula is C17H15N3O3. The summed E-state index contributed by atoms with van der Waals surface area (Å²) >= 11 is 0. The molecule has 0 unspecified atom stereocenters. The molecule has 116 valence electrons. The monoisotopic (exact) mass is 309 g/mol. The topological polar surface area (TPSA) is 94.2 Å². The van der Waals surface area contributed by atoms with Crippen LogP contribution >= 0.6 is 0 Å². The maximum atomic E-state index is 10.8. The molecule has 3 aromatic rings. The Morgan fingerprint density at radius 1 is 1.30 bits per heavy atom. The van der Waals surface area contributed by atoms with Crippen molar-refractivity contribution in [1.29, 1.82) is 0 Å². The second-order valence-electron chi connectivity index (χ2n) is 5.07. The van der Waals surface area contributed by atoms with Crippen LogP contribution in [-0.4, -0.2) is 17.0 Å². The lowest BCUT2D eigenvalue weighted by molar-refractivity contribution is -0.384. The molecule has 23 heavy (non-hydrogen) atoms. The standard InChI is InChI=1S/C17H15N3O3/c1-23-13-5-6-17-14(9-13)15(10-19-17)16(18)8-11-3-2-4-12(7-11)20(21)22/h2-10,19H,18H2,1H3/b16-8-. The summed E-state index contributed by atoms with van der Waals surface area (Å²) in [6.07, 6.45) is 3.53. The normalized spacial score (nSPS) is 11.6. The number of hydrogen-bond acceptors (Lipinski definition) is 4. The van der Waals surface area contributed by atoms with Gasteiger partial charge in [-0.3, -0.25) is 10.1 Å². The molecule has 0 saturated heterocycles. The van der Waals surface area contributed by atoms with E-state index in [1.54, 1.807) is 25.3 Å². The molecule has 1 heterocycles. The van der Waals surface area contributed by atoms with Gasteiger partial charge in [0.25, 0.3) is 5.69 Å². The number of benzene rings is 2. The third kappa shape index (κ3) is 2.87. The van der Waals surface area contributed by atoms with E-state index in [9.17, 15) is 10.1 Å². The summed E-state index contributed by atoms with van der Waals surface area (Å²) in [7, 11) is 1.61. The van der Waals surface area contributed by atoms with E-state index in [1.165, 1.54) is 12.1 Å². The van der Waals surface area contributed by atoms with Crippen molar-refractivity contribution in [1.82, 2.24) is 4.98 Å². The average Bonchev–Trinajstić information content (AvgIpc) is 2.98. The summed E-state index contributed by atoms with van der Waals surface area (Å²) < 4.78 is 5.24. The molecule has 0 aliphatic carbocycles. The second-order valence-corrected chi connectivity index (χ2v) is 5.07. The van der Waals surface area contributed by atoms with Crippen molar-refractivity contribution >= 4 is 28.4 Å². The Bertz CT molecular complexity index is 912. The molecule has 6 heteroatoms. The number of nitrogens with zero attached hydrogens (tertiary/aromatic N) is 1. The minimum atomic E-state index is -0.427. The molecule has 1 aromatic heterocycles. The molecule has 0 bridgehead atoms. The van der Waals surface area contributed by atoms with E-state index in [0.717, 1.165) is 22.2 Å². The van der Waals surface area contributed by atoms with Crippen LogP contribution in [0.2, 0.25) is 0 Å². The van der Waals surface area contributed by atoms with Gasteiger partial charge in [0.1, 0.15) is 5.75 Å². The molecule has 3 N–H and O–H groups in total. The molecule has 6 nitrogen and oxygen atoms in total. The molecule has 0 aliphatic heterocycles. The molecule has 2 aromatic carbocycles. The van der Waals surface area contributed by atoms with Crippen LogP contribution in [0.15, 0.2) is 48.7 Å². The van der Waals surface area contributed by atoms with Crippen LogP contribution in [-0.2, 0) is 0 Å². The molecule has 0 aliphatic rings. The Kier molecular flexibility index (Phi) is 3.72. The van der Waals surface area contributed by atoms with Crippen molar-refractivity contribution in [2.45, 2.75) is 0 Å². The number of fused-ring (bicyclic) bond motifs is 1. The summed E-state index contributed by atoms with van der Waals surface area (Å²) in [6.45, 7) is 0. The maximum absolute atomic E-state index is 10.8. The fourth-order valence-corrected chi connectivity index (χ4v) is 2.45. The number of nitro benzene ring substituents is 1. The molecule has 0 saturated carbocycles. The van der Waals surface area contributed by atoms with Gasteiger partial charge in [-0.25, -0.2) is 0 Å². The predicted molar refractivity (Wildman–Crippen MR) is 90.0 cm³/mol. The van der Waals surface area contributed by atoms with Gasteiger partial charge in [0.2, 0.25) is 0 Å². The number of nitro groups is 1.